The van der Waals surface area contributed by atoms with Crippen molar-refractivity contribution in [1.29, 1.82) is 0 Å². The summed E-state index contributed by atoms with van der Waals surface area (Å²) in [4.78, 5) is 0. The van der Waals surface area contributed by atoms with Gasteiger partial charge in [-0.05, 0) is 14.0 Å². The van der Waals surface area contributed by atoms with Gasteiger partial charge in [-0.1, -0.05) is 16.4 Å². The second-order valence-electron chi connectivity index (χ2n) is 3.34. The summed E-state index contributed by atoms with van der Waals surface area (Å²) < 4.78 is 7.25. The summed E-state index contributed by atoms with van der Waals surface area (Å²) in [7, 11) is 3.70. The van der Waals surface area contributed by atoms with Crippen LogP contribution < -0.4 is 10.1 Å². The third-order valence-electron chi connectivity index (χ3n) is 1.93. The Labute approximate surface area is 97.3 Å². The highest BCUT2D eigenvalue weighted by Crippen LogP contribution is 2.24. The van der Waals surface area contributed by atoms with E-state index in [-0.39, 0.29) is 0 Å². The largest absolute Gasteiger partial charge is 0.411 e. The van der Waals surface area contributed by atoms with Crippen LogP contribution in [-0.2, 0) is 13.6 Å². The lowest BCUT2D eigenvalue weighted by atomic mass is 10.5. The zero-order valence-corrected chi connectivity index (χ0v) is 10.2. The standard InChI is InChI=1S/C9H13N5OS/c1-6-4-8(14(3)13-6)15-9-12-11-7(16-9)5-10-2/h4,10H,5H2,1-3H3. The third kappa shape index (κ3) is 2.37. The predicted molar refractivity (Wildman–Crippen MR) is 60.7 cm³/mol. The maximum Gasteiger partial charge on any atom is 0.300 e. The molecule has 1 N–H and O–H groups in total. The van der Waals surface area contributed by atoms with Crippen molar-refractivity contribution >= 4 is 11.3 Å². The first-order valence-electron chi connectivity index (χ1n) is 4.84. The Bertz CT molecular complexity index is 478. The fourth-order valence-corrected chi connectivity index (χ4v) is 1.98. The molecule has 2 heterocycles. The molecule has 0 bridgehead atoms. The van der Waals surface area contributed by atoms with Crippen molar-refractivity contribution in [3.8, 4) is 11.1 Å². The Balaban J connectivity index is 2.11. The second kappa shape index (κ2) is 4.58. The van der Waals surface area contributed by atoms with Gasteiger partial charge in [-0.25, -0.2) is 4.68 Å². The average molecular weight is 239 g/mol. The zero-order valence-electron chi connectivity index (χ0n) is 9.39. The minimum Gasteiger partial charge on any atom is -0.411 e. The summed E-state index contributed by atoms with van der Waals surface area (Å²) in [6, 6.07) is 1.86. The molecule has 0 spiro atoms. The summed E-state index contributed by atoms with van der Waals surface area (Å²) >= 11 is 1.42. The van der Waals surface area contributed by atoms with Gasteiger partial charge in [0.15, 0.2) is 0 Å². The smallest absolute Gasteiger partial charge is 0.300 e. The maximum absolute atomic E-state index is 5.57. The van der Waals surface area contributed by atoms with Crippen LogP contribution >= 0.6 is 11.3 Å². The fourth-order valence-electron chi connectivity index (χ4n) is 1.27. The minimum atomic E-state index is 0.535. The molecular formula is C9H13N5OS. The molecule has 0 saturated heterocycles. The molecule has 16 heavy (non-hydrogen) atoms. The molecular weight excluding hydrogens is 226 g/mol. The SMILES string of the molecule is CNCc1nnc(Oc2cc(C)nn2C)s1. The van der Waals surface area contributed by atoms with E-state index in [0.29, 0.717) is 17.6 Å². The molecule has 2 aromatic rings. The van der Waals surface area contributed by atoms with Gasteiger partial charge < -0.3 is 10.1 Å². The van der Waals surface area contributed by atoms with Gasteiger partial charge in [-0.3, -0.25) is 0 Å². The van der Waals surface area contributed by atoms with Crippen LogP contribution in [0.5, 0.6) is 11.1 Å². The zero-order chi connectivity index (χ0) is 11.5. The monoisotopic (exact) mass is 239 g/mol. The molecule has 0 unspecified atom stereocenters. The first-order valence-corrected chi connectivity index (χ1v) is 5.66. The first-order chi connectivity index (χ1) is 7.69. The summed E-state index contributed by atoms with van der Waals surface area (Å²) in [6.45, 7) is 2.62. The lowest BCUT2D eigenvalue weighted by Gasteiger charge is -1.99. The average Bonchev–Trinajstić information content (AvgIpc) is 2.76. The van der Waals surface area contributed by atoms with E-state index in [9.17, 15) is 0 Å². The van der Waals surface area contributed by atoms with Crippen molar-refractivity contribution in [1.82, 2.24) is 25.3 Å². The Hall–Kier alpha value is -1.47. The molecule has 0 fully saturated rings. The van der Waals surface area contributed by atoms with E-state index >= 15 is 0 Å². The lowest BCUT2D eigenvalue weighted by Crippen LogP contribution is -2.04. The van der Waals surface area contributed by atoms with Gasteiger partial charge in [0.05, 0.1) is 5.69 Å². The molecule has 0 atom stereocenters. The molecule has 0 aliphatic carbocycles. The second-order valence-corrected chi connectivity index (χ2v) is 4.37. The number of hydrogen-bond donors (Lipinski definition) is 1. The molecule has 0 amide bonds. The van der Waals surface area contributed by atoms with E-state index in [1.807, 2.05) is 27.1 Å². The number of nitrogens with zero attached hydrogens (tertiary/aromatic N) is 4. The van der Waals surface area contributed by atoms with Crippen molar-refractivity contribution in [3.63, 3.8) is 0 Å². The minimum absolute atomic E-state index is 0.535. The number of nitrogens with one attached hydrogen (secondary N) is 1. The van der Waals surface area contributed by atoms with Crippen LogP contribution in [0.4, 0.5) is 0 Å². The van der Waals surface area contributed by atoms with Crippen molar-refractivity contribution in [3.05, 3.63) is 16.8 Å². The molecule has 2 aromatic heterocycles. The summed E-state index contributed by atoms with van der Waals surface area (Å²) in [6.07, 6.45) is 0. The van der Waals surface area contributed by atoms with Crippen LogP contribution in [0, 0.1) is 6.92 Å². The molecule has 2 rings (SSSR count). The van der Waals surface area contributed by atoms with Gasteiger partial charge in [-0.15, -0.1) is 5.10 Å². The topological polar surface area (TPSA) is 64.9 Å². The molecule has 7 heteroatoms. The molecule has 0 aliphatic rings. The van der Waals surface area contributed by atoms with Crippen LogP contribution in [0.2, 0.25) is 0 Å². The lowest BCUT2D eigenvalue weighted by molar-refractivity contribution is 0.424. The predicted octanol–water partition coefficient (Wildman–Crippen LogP) is 1.09. The highest BCUT2D eigenvalue weighted by atomic mass is 32.1. The highest BCUT2D eigenvalue weighted by Gasteiger charge is 2.09. The molecule has 86 valence electrons. The quantitative estimate of drug-likeness (QED) is 0.865. The van der Waals surface area contributed by atoms with E-state index in [2.05, 4.69) is 20.6 Å². The molecule has 0 aromatic carbocycles. The van der Waals surface area contributed by atoms with Gasteiger partial charge in [-0.2, -0.15) is 5.10 Å². The number of hydrogen-bond acceptors (Lipinski definition) is 6. The van der Waals surface area contributed by atoms with Crippen molar-refractivity contribution < 1.29 is 4.74 Å². The van der Waals surface area contributed by atoms with E-state index in [4.69, 9.17) is 4.74 Å². The van der Waals surface area contributed by atoms with Crippen molar-refractivity contribution in [2.24, 2.45) is 7.05 Å². The van der Waals surface area contributed by atoms with E-state index in [0.717, 1.165) is 10.7 Å². The van der Waals surface area contributed by atoms with Crippen LogP contribution in [0.3, 0.4) is 0 Å². The number of rotatable bonds is 4. The third-order valence-corrected chi connectivity index (χ3v) is 2.73. The maximum atomic E-state index is 5.57. The van der Waals surface area contributed by atoms with Gasteiger partial charge in [0, 0.05) is 19.7 Å². The number of ether oxygens (including phenoxy) is 1. The van der Waals surface area contributed by atoms with Crippen molar-refractivity contribution in [2.45, 2.75) is 13.5 Å². The Morgan fingerprint density at radius 1 is 1.50 bits per heavy atom. The Morgan fingerprint density at radius 3 is 2.94 bits per heavy atom. The summed E-state index contributed by atoms with van der Waals surface area (Å²) in [5.41, 5.74) is 0.914. The van der Waals surface area contributed by atoms with E-state index < -0.39 is 0 Å². The van der Waals surface area contributed by atoms with Gasteiger partial charge >= 0.3 is 5.19 Å². The van der Waals surface area contributed by atoms with Gasteiger partial charge in [0.2, 0.25) is 5.88 Å². The van der Waals surface area contributed by atoms with Gasteiger partial charge in [0.25, 0.3) is 0 Å². The van der Waals surface area contributed by atoms with E-state index in [1.165, 1.54) is 11.3 Å². The molecule has 0 aliphatic heterocycles. The van der Waals surface area contributed by atoms with E-state index in [1.54, 1.807) is 4.68 Å². The van der Waals surface area contributed by atoms with Crippen LogP contribution in [0.15, 0.2) is 6.07 Å². The summed E-state index contributed by atoms with van der Waals surface area (Å²) in [5.74, 6) is 0.671. The highest BCUT2D eigenvalue weighted by molar-refractivity contribution is 7.13. The van der Waals surface area contributed by atoms with Crippen molar-refractivity contribution in [2.75, 3.05) is 7.05 Å². The normalized spacial score (nSPS) is 10.7. The molecule has 0 saturated carbocycles. The van der Waals surface area contributed by atoms with Crippen LogP contribution in [-0.4, -0.2) is 27.0 Å². The van der Waals surface area contributed by atoms with Crippen LogP contribution in [0.25, 0.3) is 0 Å². The fraction of sp³-hybridized carbons (Fsp3) is 0.444. The number of aromatic nitrogens is 4. The molecule has 6 nitrogen and oxygen atoms in total. The van der Waals surface area contributed by atoms with Gasteiger partial charge in [0.1, 0.15) is 5.01 Å². The number of aryl methyl sites for hydroxylation is 2. The molecule has 0 radical (unpaired) electrons. The van der Waals surface area contributed by atoms with Crippen LogP contribution in [0.1, 0.15) is 10.7 Å². The Morgan fingerprint density at radius 2 is 2.31 bits per heavy atom. The first kappa shape index (κ1) is 11.0. The summed E-state index contributed by atoms with van der Waals surface area (Å²) in [5, 5.41) is 16.6. The Kier molecular flexibility index (Phi) is 3.16.